The summed E-state index contributed by atoms with van der Waals surface area (Å²) in [6.07, 6.45) is 1.61. The molecule has 1 aromatic rings. The van der Waals surface area contributed by atoms with Gasteiger partial charge in [-0.15, -0.1) is 0 Å². The third-order valence-corrected chi connectivity index (χ3v) is 3.73. The van der Waals surface area contributed by atoms with Crippen LogP contribution in [0.5, 0.6) is 0 Å². The highest BCUT2D eigenvalue weighted by atomic mass is 79.9. The summed E-state index contributed by atoms with van der Waals surface area (Å²) in [6, 6.07) is 7.23. The van der Waals surface area contributed by atoms with E-state index in [2.05, 4.69) is 15.9 Å². The fourth-order valence-electron chi connectivity index (χ4n) is 2.17. The molecule has 1 aliphatic heterocycles. The third kappa shape index (κ3) is 2.90. The van der Waals surface area contributed by atoms with Gasteiger partial charge in [0.2, 0.25) is 5.91 Å². The molecule has 0 aliphatic carbocycles. The van der Waals surface area contributed by atoms with E-state index in [9.17, 15) is 9.59 Å². The highest BCUT2D eigenvalue weighted by molar-refractivity contribution is 9.10. The van der Waals surface area contributed by atoms with Crippen molar-refractivity contribution in [1.82, 2.24) is 4.90 Å². The van der Waals surface area contributed by atoms with E-state index >= 15 is 0 Å². The van der Waals surface area contributed by atoms with Gasteiger partial charge in [-0.05, 0) is 37.1 Å². The fourth-order valence-corrected chi connectivity index (χ4v) is 2.43. The molecule has 1 fully saturated rings. The molecule has 1 unspecified atom stereocenters. The second-order valence-electron chi connectivity index (χ2n) is 4.50. The molecule has 5 heteroatoms. The molecular formula is C13H15BrN2O2. The summed E-state index contributed by atoms with van der Waals surface area (Å²) < 4.78 is 0.938. The maximum atomic E-state index is 12.2. The maximum Gasteiger partial charge on any atom is 0.253 e. The van der Waals surface area contributed by atoms with Crippen molar-refractivity contribution in [3.63, 3.8) is 0 Å². The first-order chi connectivity index (χ1) is 8.58. The van der Waals surface area contributed by atoms with E-state index in [0.717, 1.165) is 17.3 Å². The Morgan fingerprint density at radius 3 is 2.56 bits per heavy atom. The molecule has 4 nitrogen and oxygen atoms in total. The number of halogens is 1. The zero-order valence-electron chi connectivity index (χ0n) is 9.93. The summed E-state index contributed by atoms with van der Waals surface area (Å²) in [4.78, 5) is 25.1. The zero-order chi connectivity index (χ0) is 13.1. The van der Waals surface area contributed by atoms with E-state index in [1.165, 1.54) is 0 Å². The summed E-state index contributed by atoms with van der Waals surface area (Å²) in [5.41, 5.74) is 5.95. The third-order valence-electron chi connectivity index (χ3n) is 3.20. The number of nitrogens with two attached hydrogens (primary N) is 1. The van der Waals surface area contributed by atoms with Crippen LogP contribution in [0.1, 0.15) is 23.2 Å². The molecular weight excluding hydrogens is 296 g/mol. The first kappa shape index (κ1) is 13.1. The van der Waals surface area contributed by atoms with Crippen LogP contribution in [0.3, 0.4) is 0 Å². The van der Waals surface area contributed by atoms with Gasteiger partial charge in [0.05, 0.1) is 5.92 Å². The number of nitrogens with zero attached hydrogens (tertiary/aromatic N) is 1. The SMILES string of the molecule is NC(=O)C1CCCN(C(=O)c2ccc(Br)cc2)C1. The van der Waals surface area contributed by atoms with Crippen molar-refractivity contribution in [3.05, 3.63) is 34.3 Å². The van der Waals surface area contributed by atoms with E-state index in [1.54, 1.807) is 17.0 Å². The van der Waals surface area contributed by atoms with Crippen LogP contribution in [0.15, 0.2) is 28.7 Å². The monoisotopic (exact) mass is 310 g/mol. The summed E-state index contributed by atoms with van der Waals surface area (Å²) in [6.45, 7) is 1.13. The normalized spacial score (nSPS) is 19.6. The smallest absolute Gasteiger partial charge is 0.253 e. The molecule has 2 rings (SSSR count). The minimum absolute atomic E-state index is 0.0338. The van der Waals surface area contributed by atoms with Gasteiger partial charge in [-0.2, -0.15) is 0 Å². The number of primary amides is 1. The molecule has 0 bridgehead atoms. The standard InChI is InChI=1S/C13H15BrN2O2/c14-11-5-3-9(4-6-11)13(18)16-7-1-2-10(8-16)12(15)17/h3-6,10H,1-2,7-8H2,(H2,15,17). The van der Waals surface area contributed by atoms with E-state index < -0.39 is 0 Å². The lowest BCUT2D eigenvalue weighted by atomic mass is 9.97. The number of piperidine rings is 1. The van der Waals surface area contributed by atoms with Crippen LogP contribution in [-0.4, -0.2) is 29.8 Å². The number of carbonyl (C=O) groups is 2. The average molecular weight is 311 g/mol. The summed E-state index contributed by atoms with van der Waals surface area (Å²) in [5.74, 6) is -0.560. The Hall–Kier alpha value is -1.36. The molecule has 1 heterocycles. The molecule has 1 aromatic carbocycles. The zero-order valence-corrected chi connectivity index (χ0v) is 11.5. The Bertz CT molecular complexity index is 459. The van der Waals surface area contributed by atoms with Crippen molar-refractivity contribution >= 4 is 27.7 Å². The van der Waals surface area contributed by atoms with Gasteiger partial charge in [0.1, 0.15) is 0 Å². The lowest BCUT2D eigenvalue weighted by molar-refractivity contribution is -0.123. The minimum atomic E-state index is -0.316. The second kappa shape index (κ2) is 5.52. The minimum Gasteiger partial charge on any atom is -0.369 e. The van der Waals surface area contributed by atoms with Gasteiger partial charge < -0.3 is 10.6 Å². The number of hydrogen-bond acceptors (Lipinski definition) is 2. The first-order valence-electron chi connectivity index (χ1n) is 5.92. The topological polar surface area (TPSA) is 63.4 Å². The van der Waals surface area contributed by atoms with Crippen LogP contribution in [0.2, 0.25) is 0 Å². The van der Waals surface area contributed by atoms with E-state index in [-0.39, 0.29) is 17.7 Å². The molecule has 0 spiro atoms. The summed E-state index contributed by atoms with van der Waals surface area (Å²) >= 11 is 3.33. The predicted octanol–water partition coefficient (Wildman–Crippen LogP) is 1.79. The predicted molar refractivity (Wildman–Crippen MR) is 72.0 cm³/mol. The molecule has 0 aromatic heterocycles. The summed E-state index contributed by atoms with van der Waals surface area (Å²) in [5, 5.41) is 0. The second-order valence-corrected chi connectivity index (χ2v) is 5.42. The van der Waals surface area contributed by atoms with Crippen molar-refractivity contribution in [2.45, 2.75) is 12.8 Å². The highest BCUT2D eigenvalue weighted by Crippen LogP contribution is 2.19. The maximum absolute atomic E-state index is 12.2. The summed E-state index contributed by atoms with van der Waals surface area (Å²) in [7, 11) is 0. The number of rotatable bonds is 2. The lowest BCUT2D eigenvalue weighted by Crippen LogP contribution is -2.44. The van der Waals surface area contributed by atoms with E-state index in [1.807, 2.05) is 12.1 Å². The van der Waals surface area contributed by atoms with Gasteiger partial charge in [0, 0.05) is 23.1 Å². The van der Waals surface area contributed by atoms with Crippen LogP contribution in [0.25, 0.3) is 0 Å². The average Bonchev–Trinajstić information content (AvgIpc) is 2.39. The van der Waals surface area contributed by atoms with E-state index in [0.29, 0.717) is 18.7 Å². The Balaban J connectivity index is 2.09. The van der Waals surface area contributed by atoms with Gasteiger partial charge in [0.25, 0.3) is 5.91 Å². The van der Waals surface area contributed by atoms with Crippen molar-refractivity contribution in [2.75, 3.05) is 13.1 Å². The molecule has 0 saturated carbocycles. The van der Waals surface area contributed by atoms with Crippen LogP contribution in [0.4, 0.5) is 0 Å². The Labute approximate surface area is 114 Å². The van der Waals surface area contributed by atoms with Crippen molar-refractivity contribution in [2.24, 2.45) is 11.7 Å². The van der Waals surface area contributed by atoms with Crippen LogP contribution < -0.4 is 5.73 Å². The molecule has 18 heavy (non-hydrogen) atoms. The molecule has 2 N–H and O–H groups in total. The fraction of sp³-hybridized carbons (Fsp3) is 0.385. The Morgan fingerprint density at radius 1 is 1.28 bits per heavy atom. The number of benzene rings is 1. The van der Waals surface area contributed by atoms with Crippen molar-refractivity contribution in [1.29, 1.82) is 0 Å². The molecule has 2 amide bonds. The van der Waals surface area contributed by atoms with Crippen molar-refractivity contribution in [3.8, 4) is 0 Å². The number of hydrogen-bond donors (Lipinski definition) is 1. The first-order valence-corrected chi connectivity index (χ1v) is 6.71. The number of likely N-dealkylation sites (tertiary alicyclic amines) is 1. The molecule has 1 aliphatic rings. The number of carbonyl (C=O) groups excluding carboxylic acids is 2. The van der Waals surface area contributed by atoms with Crippen molar-refractivity contribution < 1.29 is 9.59 Å². The largest absolute Gasteiger partial charge is 0.369 e. The Morgan fingerprint density at radius 2 is 1.94 bits per heavy atom. The quantitative estimate of drug-likeness (QED) is 0.905. The molecule has 0 radical (unpaired) electrons. The lowest BCUT2D eigenvalue weighted by Gasteiger charge is -2.31. The Kier molecular flexibility index (Phi) is 4.01. The van der Waals surface area contributed by atoms with Crippen LogP contribution in [0, 0.1) is 5.92 Å². The highest BCUT2D eigenvalue weighted by Gasteiger charge is 2.27. The van der Waals surface area contributed by atoms with Gasteiger partial charge in [-0.1, -0.05) is 15.9 Å². The van der Waals surface area contributed by atoms with Gasteiger partial charge in [-0.3, -0.25) is 9.59 Å². The molecule has 96 valence electrons. The van der Waals surface area contributed by atoms with E-state index in [4.69, 9.17) is 5.73 Å². The van der Waals surface area contributed by atoms with Crippen LogP contribution >= 0.6 is 15.9 Å². The van der Waals surface area contributed by atoms with Gasteiger partial charge >= 0.3 is 0 Å². The number of amides is 2. The van der Waals surface area contributed by atoms with Gasteiger partial charge in [-0.25, -0.2) is 0 Å². The molecule has 1 atom stereocenters. The molecule has 1 saturated heterocycles. The van der Waals surface area contributed by atoms with Crippen LogP contribution in [-0.2, 0) is 4.79 Å². The van der Waals surface area contributed by atoms with Gasteiger partial charge in [0.15, 0.2) is 0 Å².